The molecule has 3 heteroatoms. The van der Waals surface area contributed by atoms with E-state index < -0.39 is 5.97 Å². The van der Waals surface area contributed by atoms with Gasteiger partial charge in [-0.15, -0.1) is 0 Å². The van der Waals surface area contributed by atoms with Crippen LogP contribution < -0.4 is 0 Å². The fraction of sp³-hybridized carbons (Fsp3) is 0.900. The minimum atomic E-state index is -0.707. The summed E-state index contributed by atoms with van der Waals surface area (Å²) in [5, 5.41) is 8.92. The highest BCUT2D eigenvalue weighted by molar-refractivity contribution is 5.70. The van der Waals surface area contributed by atoms with Crippen molar-refractivity contribution in [1.29, 1.82) is 0 Å². The molecule has 76 valence electrons. The van der Waals surface area contributed by atoms with E-state index in [2.05, 4.69) is 6.92 Å². The Kier molecular flexibility index (Phi) is 3.72. The number of carbonyl (C=O) groups is 1. The molecule has 3 unspecified atom stereocenters. The number of methoxy groups -OCH3 is 1. The van der Waals surface area contributed by atoms with Crippen molar-refractivity contribution >= 4 is 5.97 Å². The lowest BCUT2D eigenvalue weighted by Crippen LogP contribution is -2.35. The normalized spacial score (nSPS) is 34.5. The van der Waals surface area contributed by atoms with Gasteiger partial charge in [-0.05, 0) is 25.2 Å². The fourth-order valence-corrected chi connectivity index (χ4v) is 2.13. The second kappa shape index (κ2) is 4.61. The summed E-state index contributed by atoms with van der Waals surface area (Å²) < 4.78 is 5.22. The molecule has 0 bridgehead atoms. The minimum Gasteiger partial charge on any atom is -0.481 e. The van der Waals surface area contributed by atoms with Crippen molar-refractivity contribution in [2.75, 3.05) is 7.11 Å². The largest absolute Gasteiger partial charge is 0.481 e. The SMILES string of the molecule is CCC1CCC(C(=O)O)C(OC)C1. The van der Waals surface area contributed by atoms with E-state index >= 15 is 0 Å². The summed E-state index contributed by atoms with van der Waals surface area (Å²) in [7, 11) is 1.61. The van der Waals surface area contributed by atoms with Crippen LogP contribution in [0.4, 0.5) is 0 Å². The fourth-order valence-electron chi connectivity index (χ4n) is 2.13. The Labute approximate surface area is 79.1 Å². The molecule has 1 aliphatic carbocycles. The van der Waals surface area contributed by atoms with Crippen molar-refractivity contribution in [3.63, 3.8) is 0 Å². The van der Waals surface area contributed by atoms with Crippen LogP contribution in [0.25, 0.3) is 0 Å². The van der Waals surface area contributed by atoms with Gasteiger partial charge in [0.25, 0.3) is 0 Å². The molecular formula is C10H18O3. The molecule has 1 fully saturated rings. The van der Waals surface area contributed by atoms with Crippen LogP contribution in [0, 0.1) is 11.8 Å². The summed E-state index contributed by atoms with van der Waals surface area (Å²) >= 11 is 0. The first kappa shape index (κ1) is 10.5. The quantitative estimate of drug-likeness (QED) is 0.732. The van der Waals surface area contributed by atoms with E-state index in [4.69, 9.17) is 9.84 Å². The minimum absolute atomic E-state index is 0.0730. The van der Waals surface area contributed by atoms with Crippen LogP contribution in [0.15, 0.2) is 0 Å². The molecule has 1 N–H and O–H groups in total. The Hall–Kier alpha value is -0.570. The van der Waals surface area contributed by atoms with Gasteiger partial charge in [0.05, 0.1) is 12.0 Å². The predicted molar refractivity (Wildman–Crippen MR) is 49.6 cm³/mol. The van der Waals surface area contributed by atoms with E-state index in [1.54, 1.807) is 7.11 Å². The highest BCUT2D eigenvalue weighted by atomic mass is 16.5. The molecule has 0 radical (unpaired) electrons. The third-order valence-electron chi connectivity index (χ3n) is 3.10. The van der Waals surface area contributed by atoms with Crippen LogP contribution in [0.3, 0.4) is 0 Å². The maximum absolute atomic E-state index is 10.8. The average Bonchev–Trinajstić information content (AvgIpc) is 2.16. The van der Waals surface area contributed by atoms with Gasteiger partial charge in [-0.3, -0.25) is 4.79 Å². The first-order valence-corrected chi connectivity index (χ1v) is 4.94. The van der Waals surface area contributed by atoms with E-state index in [0.29, 0.717) is 5.92 Å². The molecule has 0 saturated heterocycles. The van der Waals surface area contributed by atoms with E-state index in [9.17, 15) is 4.79 Å². The Morgan fingerprint density at radius 3 is 2.69 bits per heavy atom. The van der Waals surface area contributed by atoms with Gasteiger partial charge in [-0.2, -0.15) is 0 Å². The predicted octanol–water partition coefficient (Wildman–Crippen LogP) is 1.91. The van der Waals surface area contributed by atoms with E-state index in [0.717, 1.165) is 25.7 Å². The number of carboxylic acids is 1. The van der Waals surface area contributed by atoms with Crippen molar-refractivity contribution in [1.82, 2.24) is 0 Å². The van der Waals surface area contributed by atoms with Crippen molar-refractivity contribution < 1.29 is 14.6 Å². The number of carboxylic acid groups (broad SMARTS) is 1. The first-order chi connectivity index (χ1) is 6.19. The number of aliphatic carboxylic acids is 1. The number of ether oxygens (including phenoxy) is 1. The molecule has 3 atom stereocenters. The average molecular weight is 186 g/mol. The highest BCUT2D eigenvalue weighted by Gasteiger charge is 2.34. The lowest BCUT2D eigenvalue weighted by molar-refractivity contribution is -0.149. The number of hydrogen-bond acceptors (Lipinski definition) is 2. The van der Waals surface area contributed by atoms with Gasteiger partial charge in [0.2, 0.25) is 0 Å². The van der Waals surface area contributed by atoms with Gasteiger partial charge >= 0.3 is 5.97 Å². The Balaban J connectivity index is 2.55. The molecule has 1 saturated carbocycles. The molecular weight excluding hydrogens is 168 g/mol. The molecule has 1 aliphatic rings. The summed E-state index contributed by atoms with van der Waals surface area (Å²) in [6, 6.07) is 0. The molecule has 13 heavy (non-hydrogen) atoms. The first-order valence-electron chi connectivity index (χ1n) is 4.94. The van der Waals surface area contributed by atoms with Gasteiger partial charge in [0.15, 0.2) is 0 Å². The van der Waals surface area contributed by atoms with E-state index in [-0.39, 0.29) is 12.0 Å². The molecule has 0 aliphatic heterocycles. The molecule has 1 rings (SSSR count). The van der Waals surface area contributed by atoms with Crippen molar-refractivity contribution in [3.8, 4) is 0 Å². The topological polar surface area (TPSA) is 46.5 Å². The van der Waals surface area contributed by atoms with Gasteiger partial charge in [-0.25, -0.2) is 0 Å². The van der Waals surface area contributed by atoms with Crippen LogP contribution in [0.5, 0.6) is 0 Å². The summed E-state index contributed by atoms with van der Waals surface area (Å²) in [6.45, 7) is 2.15. The van der Waals surface area contributed by atoms with E-state index in [1.807, 2.05) is 0 Å². The van der Waals surface area contributed by atoms with Crippen LogP contribution in [-0.4, -0.2) is 24.3 Å². The van der Waals surface area contributed by atoms with Crippen molar-refractivity contribution in [2.45, 2.75) is 38.7 Å². The smallest absolute Gasteiger partial charge is 0.309 e. The molecule has 0 aromatic rings. The highest BCUT2D eigenvalue weighted by Crippen LogP contribution is 2.32. The van der Waals surface area contributed by atoms with Gasteiger partial charge in [0.1, 0.15) is 0 Å². The maximum atomic E-state index is 10.8. The molecule has 0 amide bonds. The Bertz CT molecular complexity index is 179. The lowest BCUT2D eigenvalue weighted by Gasteiger charge is -2.32. The van der Waals surface area contributed by atoms with Crippen LogP contribution >= 0.6 is 0 Å². The third kappa shape index (κ3) is 2.44. The summed E-state index contributed by atoms with van der Waals surface area (Å²) in [6.07, 6.45) is 3.77. The standard InChI is InChI=1S/C10H18O3/c1-3-7-4-5-8(10(11)12)9(6-7)13-2/h7-9H,3-6H2,1-2H3,(H,11,12). The lowest BCUT2D eigenvalue weighted by atomic mass is 9.79. The van der Waals surface area contributed by atoms with Crippen LogP contribution in [0.2, 0.25) is 0 Å². The number of hydrogen-bond donors (Lipinski definition) is 1. The summed E-state index contributed by atoms with van der Waals surface area (Å²) in [5.41, 5.74) is 0. The van der Waals surface area contributed by atoms with Crippen molar-refractivity contribution in [2.24, 2.45) is 11.8 Å². The van der Waals surface area contributed by atoms with Crippen LogP contribution in [-0.2, 0) is 9.53 Å². The van der Waals surface area contributed by atoms with Gasteiger partial charge in [-0.1, -0.05) is 13.3 Å². The maximum Gasteiger partial charge on any atom is 0.309 e. The zero-order chi connectivity index (χ0) is 9.84. The van der Waals surface area contributed by atoms with Gasteiger partial charge < -0.3 is 9.84 Å². The second-order valence-corrected chi connectivity index (χ2v) is 3.81. The Morgan fingerprint density at radius 1 is 1.54 bits per heavy atom. The van der Waals surface area contributed by atoms with Gasteiger partial charge in [0, 0.05) is 7.11 Å². The summed E-state index contributed by atoms with van der Waals surface area (Å²) in [4.78, 5) is 10.8. The van der Waals surface area contributed by atoms with Crippen molar-refractivity contribution in [3.05, 3.63) is 0 Å². The molecule has 0 aromatic heterocycles. The zero-order valence-electron chi connectivity index (χ0n) is 8.32. The van der Waals surface area contributed by atoms with E-state index in [1.165, 1.54) is 0 Å². The molecule has 0 heterocycles. The summed E-state index contributed by atoms with van der Waals surface area (Å²) in [5.74, 6) is -0.338. The number of rotatable bonds is 3. The second-order valence-electron chi connectivity index (χ2n) is 3.81. The Morgan fingerprint density at radius 2 is 2.23 bits per heavy atom. The third-order valence-corrected chi connectivity index (χ3v) is 3.10. The molecule has 0 aromatic carbocycles. The zero-order valence-corrected chi connectivity index (χ0v) is 8.32. The monoisotopic (exact) mass is 186 g/mol. The molecule has 0 spiro atoms. The molecule has 3 nitrogen and oxygen atoms in total. The van der Waals surface area contributed by atoms with Crippen LogP contribution in [0.1, 0.15) is 32.6 Å².